The van der Waals surface area contributed by atoms with Gasteiger partial charge in [0.2, 0.25) is 0 Å². The van der Waals surface area contributed by atoms with E-state index in [0.29, 0.717) is 52.9 Å². The normalized spacial score (nSPS) is 15.8. The van der Waals surface area contributed by atoms with Gasteiger partial charge in [-0.15, -0.1) is 0 Å². The molecule has 1 atom stereocenters. The molecular formula is C42H43F2N4O2+. The number of aromatic nitrogens is 2. The molecule has 256 valence electrons. The molecule has 2 heterocycles. The van der Waals surface area contributed by atoms with Crippen molar-refractivity contribution in [2.75, 3.05) is 12.3 Å². The van der Waals surface area contributed by atoms with Crippen LogP contribution in [-0.2, 0) is 17.1 Å². The second-order valence-corrected chi connectivity index (χ2v) is 12.4. The minimum Gasteiger partial charge on any atom is -0.488 e. The van der Waals surface area contributed by atoms with E-state index in [2.05, 4.69) is 47.5 Å². The number of benzene rings is 2. The maximum absolute atomic E-state index is 14.4. The van der Waals surface area contributed by atoms with Gasteiger partial charge in [0.1, 0.15) is 36.0 Å². The van der Waals surface area contributed by atoms with Crippen LogP contribution in [0.3, 0.4) is 0 Å². The van der Waals surface area contributed by atoms with Crippen LogP contribution in [0.1, 0.15) is 104 Å². The van der Waals surface area contributed by atoms with Crippen molar-refractivity contribution in [3.63, 3.8) is 0 Å². The van der Waals surface area contributed by atoms with E-state index in [1.165, 1.54) is 37.5 Å². The molecule has 2 aliphatic rings. The number of halogens is 2. The van der Waals surface area contributed by atoms with E-state index >= 15 is 0 Å². The summed E-state index contributed by atoms with van der Waals surface area (Å²) in [6, 6.07) is 9.95. The van der Waals surface area contributed by atoms with Gasteiger partial charge in [-0.05, 0) is 73.9 Å². The fourth-order valence-corrected chi connectivity index (χ4v) is 6.29. The topological polar surface area (TPSA) is 92.2 Å². The largest absolute Gasteiger partial charge is 0.488 e. The molecule has 1 aromatic heterocycles. The van der Waals surface area contributed by atoms with Crippen LogP contribution in [0.2, 0.25) is 0 Å². The number of anilines is 1. The predicted molar refractivity (Wildman–Crippen MR) is 199 cm³/mol. The van der Waals surface area contributed by atoms with Crippen LogP contribution in [-0.4, -0.2) is 33.9 Å². The van der Waals surface area contributed by atoms with Crippen LogP contribution in [0.15, 0.2) is 73.6 Å². The molecule has 0 saturated heterocycles. The first kappa shape index (κ1) is 36.0. The van der Waals surface area contributed by atoms with E-state index in [9.17, 15) is 13.6 Å². The fourth-order valence-electron chi connectivity index (χ4n) is 6.29. The molecule has 3 aromatic rings. The lowest BCUT2D eigenvalue weighted by Gasteiger charge is -2.16. The maximum atomic E-state index is 14.4. The summed E-state index contributed by atoms with van der Waals surface area (Å²) >= 11 is 0. The first-order chi connectivity index (χ1) is 24.3. The van der Waals surface area contributed by atoms with E-state index in [1.54, 1.807) is 0 Å². The standard InChI is InChI=1S/C42H42F2N4O2/c1-4-7-13-23-50-38-25-32(40-39-37(46-28-47-41(39)45)26-36(48-40)30-15-11-9-8-10-12-16-30)20-19-31(38)17-14-18-33(27-49)35-22-21-34(24-29(35)5-2)42(43,44)6-3/h5,7-9,13,19-22,24-25,28,30,45H,2,4,6,10-12,15-16,18,23,26H2,1,3H3/p+1/b9-8?,13-7+. The van der Waals surface area contributed by atoms with E-state index in [1.807, 2.05) is 36.3 Å². The summed E-state index contributed by atoms with van der Waals surface area (Å²) in [6.07, 6.45) is 18.0. The third-order valence-corrected chi connectivity index (χ3v) is 9.11. The van der Waals surface area contributed by atoms with Crippen molar-refractivity contribution in [1.29, 1.82) is 0 Å². The van der Waals surface area contributed by atoms with Crippen molar-refractivity contribution in [1.82, 2.24) is 14.6 Å². The summed E-state index contributed by atoms with van der Waals surface area (Å²) in [7, 11) is 0. The molecule has 8 heteroatoms. The molecule has 6 nitrogen and oxygen atoms in total. The van der Waals surface area contributed by atoms with E-state index < -0.39 is 5.92 Å². The predicted octanol–water partition coefficient (Wildman–Crippen LogP) is 8.24. The number of fused-ring (bicyclic) bond motifs is 1. The molecule has 5 rings (SSSR count). The monoisotopic (exact) mass is 673 g/mol. The van der Waals surface area contributed by atoms with Gasteiger partial charge in [-0.1, -0.05) is 79.4 Å². The SMILES string of the molecule is C=Cc1cc(C(F)(F)CC)ccc1C(=C=O)CC#Cc1ccc(C2=[N+]=C(C3CCC=CCCC3)Cc3ncnc(N)c32)cc1OC/C=C/CC. The van der Waals surface area contributed by atoms with Gasteiger partial charge >= 0.3 is 5.71 Å². The number of allylic oxidation sites excluding steroid dienone is 4. The number of ether oxygens (including phenoxy) is 1. The van der Waals surface area contributed by atoms with Gasteiger partial charge in [0.25, 0.3) is 11.6 Å². The molecule has 0 fully saturated rings. The number of alkyl halides is 2. The number of nitrogen functional groups attached to an aromatic ring is 1. The van der Waals surface area contributed by atoms with Crippen molar-refractivity contribution >= 4 is 34.8 Å². The molecule has 0 spiro atoms. The molecular weight excluding hydrogens is 630 g/mol. The van der Waals surface area contributed by atoms with Crippen LogP contribution < -0.4 is 15.1 Å². The third kappa shape index (κ3) is 8.44. The van der Waals surface area contributed by atoms with Gasteiger partial charge in [-0.25, -0.2) is 23.5 Å². The highest BCUT2D eigenvalue weighted by Gasteiger charge is 2.36. The second-order valence-electron chi connectivity index (χ2n) is 12.4. The highest BCUT2D eigenvalue weighted by molar-refractivity contribution is 6.19. The Morgan fingerprint density at radius 3 is 2.74 bits per heavy atom. The van der Waals surface area contributed by atoms with Crippen LogP contribution in [0, 0.1) is 17.8 Å². The molecule has 1 aliphatic carbocycles. The van der Waals surface area contributed by atoms with Gasteiger partial charge in [-0.3, -0.25) is 0 Å². The highest BCUT2D eigenvalue weighted by Crippen LogP contribution is 2.34. The van der Waals surface area contributed by atoms with Crippen molar-refractivity contribution in [2.45, 2.75) is 77.6 Å². The average Bonchev–Trinajstić information content (AvgIpc) is 3.11. The lowest BCUT2D eigenvalue weighted by Crippen LogP contribution is -2.30. The summed E-state index contributed by atoms with van der Waals surface area (Å²) in [4.78, 5) is 21.0. The van der Waals surface area contributed by atoms with Crippen LogP contribution in [0.5, 0.6) is 5.75 Å². The maximum Gasteiger partial charge on any atom is 0.347 e. The quantitative estimate of drug-likeness (QED) is 0.0958. The third-order valence-electron chi connectivity index (χ3n) is 9.11. The number of nitrogens with zero attached hydrogens (tertiary/aromatic N) is 3. The van der Waals surface area contributed by atoms with Crippen molar-refractivity contribution in [3.8, 4) is 17.6 Å². The number of hydrogen-bond donors (Lipinski definition) is 1. The van der Waals surface area contributed by atoms with Crippen molar-refractivity contribution < 1.29 is 18.3 Å². The summed E-state index contributed by atoms with van der Waals surface area (Å²) in [6.45, 7) is 7.59. The van der Waals surface area contributed by atoms with Crippen molar-refractivity contribution in [2.24, 2.45) is 5.92 Å². The fraction of sp³-hybridized carbons (Fsp3) is 0.333. The second kappa shape index (κ2) is 16.9. The lowest BCUT2D eigenvalue weighted by atomic mass is 9.85. The number of carbonyl (C=O) groups excluding carboxylic acids is 1. The first-order valence-electron chi connectivity index (χ1n) is 17.3. The molecule has 0 bridgehead atoms. The molecule has 2 aromatic carbocycles. The summed E-state index contributed by atoms with van der Waals surface area (Å²) in [5.74, 6) is 6.49. The zero-order valence-electron chi connectivity index (χ0n) is 28.8. The summed E-state index contributed by atoms with van der Waals surface area (Å²) in [5.41, 5.74) is 12.3. The average molecular weight is 674 g/mol. The van der Waals surface area contributed by atoms with E-state index in [4.69, 9.17) is 15.1 Å². The number of hydrogen-bond acceptors (Lipinski definition) is 5. The molecule has 1 unspecified atom stereocenters. The Balaban J connectivity index is 1.52. The molecule has 0 saturated carbocycles. The Labute approximate surface area is 293 Å². The molecule has 0 amide bonds. The van der Waals surface area contributed by atoms with Crippen LogP contribution >= 0.6 is 0 Å². The minimum absolute atomic E-state index is 0.0492. The Kier molecular flexibility index (Phi) is 12.1. The molecule has 50 heavy (non-hydrogen) atoms. The van der Waals surface area contributed by atoms with Crippen LogP contribution in [0.25, 0.3) is 11.6 Å². The smallest absolute Gasteiger partial charge is 0.347 e. The van der Waals surface area contributed by atoms with Gasteiger partial charge in [0, 0.05) is 18.4 Å². The van der Waals surface area contributed by atoms with Gasteiger partial charge in [0.15, 0.2) is 0 Å². The minimum atomic E-state index is -2.98. The Morgan fingerprint density at radius 1 is 1.12 bits per heavy atom. The molecule has 2 N–H and O–H groups in total. The van der Waals surface area contributed by atoms with Gasteiger partial charge < -0.3 is 10.5 Å². The summed E-state index contributed by atoms with van der Waals surface area (Å²) in [5, 5.41) is 0. The number of nitrogens with two attached hydrogens (primary N) is 1. The zero-order chi connectivity index (χ0) is 35.5. The van der Waals surface area contributed by atoms with Crippen LogP contribution in [0.4, 0.5) is 14.6 Å². The Bertz CT molecular complexity index is 1990. The van der Waals surface area contributed by atoms with E-state index in [-0.39, 0.29) is 24.0 Å². The number of rotatable bonds is 11. The molecule has 0 radical (unpaired) electrons. The van der Waals surface area contributed by atoms with Gasteiger partial charge in [-0.2, -0.15) is 0 Å². The lowest BCUT2D eigenvalue weighted by molar-refractivity contribution is -0.00830. The Morgan fingerprint density at radius 2 is 1.96 bits per heavy atom. The highest BCUT2D eigenvalue weighted by atomic mass is 19.3. The zero-order valence-corrected chi connectivity index (χ0v) is 28.8. The Hall–Kier alpha value is -5.34. The first-order valence-corrected chi connectivity index (χ1v) is 17.3. The van der Waals surface area contributed by atoms with E-state index in [0.717, 1.165) is 61.1 Å². The van der Waals surface area contributed by atoms with Crippen molar-refractivity contribution in [3.05, 3.63) is 113 Å². The summed E-state index contributed by atoms with van der Waals surface area (Å²) < 4.78 is 40.2. The van der Waals surface area contributed by atoms with Gasteiger partial charge in [0.05, 0.1) is 34.7 Å². The molecule has 1 aliphatic heterocycles.